The fourth-order valence-electron chi connectivity index (χ4n) is 1.58. The zero-order valence-electron chi connectivity index (χ0n) is 7.79. The van der Waals surface area contributed by atoms with Gasteiger partial charge in [-0.15, -0.1) is 0 Å². The van der Waals surface area contributed by atoms with E-state index in [0.717, 1.165) is 0 Å². The Balaban J connectivity index is 1.99. The molecular formula is C9H19NO2. The Morgan fingerprint density at radius 1 is 1.33 bits per heavy atom. The molecule has 0 spiro atoms. The monoisotopic (exact) mass is 173 g/mol. The van der Waals surface area contributed by atoms with E-state index in [1.807, 2.05) is 0 Å². The van der Waals surface area contributed by atoms with Crippen molar-refractivity contribution in [2.45, 2.75) is 37.8 Å². The summed E-state index contributed by atoms with van der Waals surface area (Å²) in [4.78, 5) is 0. The number of hydrogen-bond acceptors (Lipinski definition) is 3. The normalized spacial score (nSPS) is 21.5. The van der Waals surface area contributed by atoms with Gasteiger partial charge in [0.05, 0.1) is 25.4 Å². The highest BCUT2D eigenvalue weighted by Gasteiger charge is 2.16. The van der Waals surface area contributed by atoms with Crippen LogP contribution in [0.5, 0.6) is 0 Å². The highest BCUT2D eigenvalue weighted by atomic mass is 16.5. The fourth-order valence-corrected chi connectivity index (χ4v) is 1.58. The summed E-state index contributed by atoms with van der Waals surface area (Å²) in [6.07, 6.45) is 5.50. The standard InChI is InChI=1S/C9H19NO2/c1-11-6-8(10)7-12-9-4-2-3-5-9/h8-9H,2-7,10H2,1H3. The van der Waals surface area contributed by atoms with Gasteiger partial charge in [-0.05, 0) is 12.8 Å². The molecule has 0 heterocycles. The highest BCUT2D eigenvalue weighted by molar-refractivity contribution is 4.68. The summed E-state index contributed by atoms with van der Waals surface area (Å²) < 4.78 is 10.5. The molecule has 1 saturated carbocycles. The van der Waals surface area contributed by atoms with Crippen LogP contribution in [0.15, 0.2) is 0 Å². The van der Waals surface area contributed by atoms with E-state index in [9.17, 15) is 0 Å². The Bertz CT molecular complexity index is 113. The van der Waals surface area contributed by atoms with Gasteiger partial charge in [0, 0.05) is 7.11 Å². The van der Waals surface area contributed by atoms with Crippen LogP contribution in [0.3, 0.4) is 0 Å². The smallest absolute Gasteiger partial charge is 0.0643 e. The van der Waals surface area contributed by atoms with Crippen molar-refractivity contribution >= 4 is 0 Å². The van der Waals surface area contributed by atoms with E-state index in [4.69, 9.17) is 15.2 Å². The summed E-state index contributed by atoms with van der Waals surface area (Å²) in [5, 5.41) is 0. The van der Waals surface area contributed by atoms with Crippen molar-refractivity contribution in [2.24, 2.45) is 5.73 Å². The van der Waals surface area contributed by atoms with Gasteiger partial charge in [-0.2, -0.15) is 0 Å². The molecular weight excluding hydrogens is 154 g/mol. The zero-order valence-corrected chi connectivity index (χ0v) is 7.79. The third kappa shape index (κ3) is 3.52. The number of nitrogens with two attached hydrogens (primary N) is 1. The fraction of sp³-hybridized carbons (Fsp3) is 1.00. The average molecular weight is 173 g/mol. The van der Waals surface area contributed by atoms with Gasteiger partial charge in [-0.25, -0.2) is 0 Å². The first-order chi connectivity index (χ1) is 5.83. The van der Waals surface area contributed by atoms with Gasteiger partial charge in [0.1, 0.15) is 0 Å². The lowest BCUT2D eigenvalue weighted by atomic mass is 10.3. The first kappa shape index (κ1) is 9.96. The van der Waals surface area contributed by atoms with Crippen molar-refractivity contribution in [3.05, 3.63) is 0 Å². The van der Waals surface area contributed by atoms with Gasteiger partial charge in [0.2, 0.25) is 0 Å². The maximum absolute atomic E-state index is 5.71. The molecule has 12 heavy (non-hydrogen) atoms. The van der Waals surface area contributed by atoms with E-state index in [2.05, 4.69) is 0 Å². The Morgan fingerprint density at radius 3 is 2.58 bits per heavy atom. The molecule has 0 amide bonds. The number of ether oxygens (including phenoxy) is 2. The Kier molecular flexibility index (Phi) is 4.58. The molecule has 0 aliphatic heterocycles. The minimum atomic E-state index is 0.0376. The molecule has 0 aromatic rings. The minimum absolute atomic E-state index is 0.0376. The van der Waals surface area contributed by atoms with Crippen LogP contribution in [-0.4, -0.2) is 32.5 Å². The summed E-state index contributed by atoms with van der Waals surface area (Å²) in [6, 6.07) is 0.0376. The van der Waals surface area contributed by atoms with Gasteiger partial charge in [-0.3, -0.25) is 0 Å². The van der Waals surface area contributed by atoms with Gasteiger partial charge >= 0.3 is 0 Å². The first-order valence-corrected chi connectivity index (χ1v) is 4.69. The lowest BCUT2D eigenvalue weighted by Gasteiger charge is -2.15. The van der Waals surface area contributed by atoms with Crippen molar-refractivity contribution < 1.29 is 9.47 Å². The number of methoxy groups -OCH3 is 1. The number of hydrogen-bond donors (Lipinski definition) is 1. The van der Waals surface area contributed by atoms with E-state index in [-0.39, 0.29) is 6.04 Å². The van der Waals surface area contributed by atoms with Crippen LogP contribution in [0.25, 0.3) is 0 Å². The van der Waals surface area contributed by atoms with E-state index < -0.39 is 0 Å². The topological polar surface area (TPSA) is 44.5 Å². The van der Waals surface area contributed by atoms with Crippen LogP contribution < -0.4 is 5.73 Å². The van der Waals surface area contributed by atoms with Crippen molar-refractivity contribution in [2.75, 3.05) is 20.3 Å². The quantitative estimate of drug-likeness (QED) is 0.672. The molecule has 1 aliphatic carbocycles. The van der Waals surface area contributed by atoms with Crippen LogP contribution in [0.2, 0.25) is 0 Å². The second-order valence-electron chi connectivity index (χ2n) is 3.46. The molecule has 1 atom stereocenters. The van der Waals surface area contributed by atoms with Gasteiger partial charge in [-0.1, -0.05) is 12.8 Å². The van der Waals surface area contributed by atoms with E-state index >= 15 is 0 Å². The molecule has 3 nitrogen and oxygen atoms in total. The van der Waals surface area contributed by atoms with Gasteiger partial charge in [0.25, 0.3) is 0 Å². The molecule has 0 aromatic heterocycles. The third-order valence-corrected chi connectivity index (χ3v) is 2.23. The Morgan fingerprint density at radius 2 is 2.00 bits per heavy atom. The second-order valence-corrected chi connectivity index (χ2v) is 3.46. The lowest BCUT2D eigenvalue weighted by Crippen LogP contribution is -2.32. The molecule has 2 N–H and O–H groups in total. The molecule has 0 radical (unpaired) electrons. The van der Waals surface area contributed by atoms with Crippen molar-refractivity contribution in [1.29, 1.82) is 0 Å². The molecule has 0 saturated heterocycles. The van der Waals surface area contributed by atoms with Crippen LogP contribution >= 0.6 is 0 Å². The molecule has 1 aliphatic rings. The van der Waals surface area contributed by atoms with Gasteiger partial charge in [0.15, 0.2) is 0 Å². The van der Waals surface area contributed by atoms with Crippen LogP contribution in [0, 0.1) is 0 Å². The van der Waals surface area contributed by atoms with Crippen molar-refractivity contribution in [1.82, 2.24) is 0 Å². The Labute approximate surface area is 74.2 Å². The predicted octanol–water partition coefficient (Wildman–Crippen LogP) is 0.919. The lowest BCUT2D eigenvalue weighted by molar-refractivity contribution is 0.0332. The van der Waals surface area contributed by atoms with Crippen molar-refractivity contribution in [3.8, 4) is 0 Å². The molecule has 1 fully saturated rings. The van der Waals surface area contributed by atoms with E-state index in [1.54, 1.807) is 7.11 Å². The summed E-state index contributed by atoms with van der Waals surface area (Å²) in [5.41, 5.74) is 5.71. The van der Waals surface area contributed by atoms with Crippen LogP contribution in [0.1, 0.15) is 25.7 Å². The van der Waals surface area contributed by atoms with E-state index in [1.165, 1.54) is 25.7 Å². The van der Waals surface area contributed by atoms with Gasteiger partial charge < -0.3 is 15.2 Å². The predicted molar refractivity (Wildman–Crippen MR) is 48.1 cm³/mol. The Hall–Kier alpha value is -0.120. The molecule has 1 unspecified atom stereocenters. The van der Waals surface area contributed by atoms with E-state index in [0.29, 0.717) is 19.3 Å². The second kappa shape index (κ2) is 5.51. The zero-order chi connectivity index (χ0) is 8.81. The maximum Gasteiger partial charge on any atom is 0.0643 e. The average Bonchev–Trinajstić information content (AvgIpc) is 2.53. The van der Waals surface area contributed by atoms with Crippen LogP contribution in [0.4, 0.5) is 0 Å². The first-order valence-electron chi connectivity index (χ1n) is 4.69. The van der Waals surface area contributed by atoms with Crippen molar-refractivity contribution in [3.63, 3.8) is 0 Å². The molecule has 0 aromatic carbocycles. The third-order valence-electron chi connectivity index (χ3n) is 2.23. The van der Waals surface area contributed by atoms with Crippen LogP contribution in [-0.2, 0) is 9.47 Å². The summed E-state index contributed by atoms with van der Waals surface area (Å²) in [7, 11) is 1.66. The number of rotatable bonds is 5. The maximum atomic E-state index is 5.71. The minimum Gasteiger partial charge on any atom is -0.383 e. The summed E-state index contributed by atoms with van der Waals surface area (Å²) in [5.74, 6) is 0. The molecule has 1 rings (SSSR count). The molecule has 3 heteroatoms. The largest absolute Gasteiger partial charge is 0.383 e. The molecule has 0 bridgehead atoms. The summed E-state index contributed by atoms with van der Waals surface area (Å²) >= 11 is 0. The summed E-state index contributed by atoms with van der Waals surface area (Å²) in [6.45, 7) is 1.23. The molecule has 72 valence electrons. The highest BCUT2D eigenvalue weighted by Crippen LogP contribution is 2.20. The SMILES string of the molecule is COCC(N)COC1CCCC1.